The van der Waals surface area contributed by atoms with Crippen molar-refractivity contribution in [2.45, 2.75) is 44.9 Å². The van der Waals surface area contributed by atoms with Crippen molar-refractivity contribution < 1.29 is 4.74 Å². The molecule has 1 spiro atoms. The molecule has 3 rings (SSSR count). The van der Waals surface area contributed by atoms with Crippen LogP contribution >= 0.6 is 11.8 Å². The van der Waals surface area contributed by atoms with Crippen LogP contribution in [0.1, 0.15) is 44.9 Å². The zero-order chi connectivity index (χ0) is 13.0. The van der Waals surface area contributed by atoms with Gasteiger partial charge >= 0.3 is 0 Å². The van der Waals surface area contributed by atoms with Gasteiger partial charge < -0.3 is 10.1 Å². The third kappa shape index (κ3) is 3.66. The SMILES string of the molecule is C1CCC2(CC1)CN=C(NCCC1CCOC1)SC2. The van der Waals surface area contributed by atoms with Crippen LogP contribution in [0.15, 0.2) is 4.99 Å². The number of amidine groups is 1. The molecule has 1 N–H and O–H groups in total. The Morgan fingerprint density at radius 2 is 2.21 bits per heavy atom. The molecule has 1 unspecified atom stereocenters. The molecule has 1 aliphatic carbocycles. The highest BCUT2D eigenvalue weighted by molar-refractivity contribution is 8.13. The van der Waals surface area contributed by atoms with E-state index in [-0.39, 0.29) is 0 Å². The lowest BCUT2D eigenvalue weighted by molar-refractivity contribution is 0.184. The van der Waals surface area contributed by atoms with E-state index in [0.717, 1.165) is 32.2 Å². The number of thioether (sulfide) groups is 1. The molecule has 2 aliphatic heterocycles. The van der Waals surface area contributed by atoms with E-state index in [1.807, 2.05) is 11.8 Å². The Hall–Kier alpha value is -0.220. The van der Waals surface area contributed by atoms with Gasteiger partial charge in [0.25, 0.3) is 0 Å². The van der Waals surface area contributed by atoms with Crippen molar-refractivity contribution in [3.05, 3.63) is 0 Å². The average molecular weight is 282 g/mol. The van der Waals surface area contributed by atoms with Gasteiger partial charge in [-0.2, -0.15) is 0 Å². The van der Waals surface area contributed by atoms with Gasteiger partial charge in [0.2, 0.25) is 0 Å². The summed E-state index contributed by atoms with van der Waals surface area (Å²) < 4.78 is 5.41. The molecule has 0 aromatic carbocycles. The van der Waals surface area contributed by atoms with Crippen LogP contribution in [-0.4, -0.2) is 37.2 Å². The summed E-state index contributed by atoms with van der Waals surface area (Å²) in [6, 6.07) is 0. The van der Waals surface area contributed by atoms with Crippen molar-refractivity contribution in [1.82, 2.24) is 5.32 Å². The lowest BCUT2D eigenvalue weighted by Gasteiger charge is -2.38. The molecular weight excluding hydrogens is 256 g/mol. The van der Waals surface area contributed by atoms with Gasteiger partial charge in [-0.25, -0.2) is 0 Å². The van der Waals surface area contributed by atoms with Crippen LogP contribution in [0.2, 0.25) is 0 Å². The molecule has 4 heteroatoms. The van der Waals surface area contributed by atoms with Crippen molar-refractivity contribution in [3.63, 3.8) is 0 Å². The molecule has 108 valence electrons. The normalized spacial score (nSPS) is 30.3. The minimum atomic E-state index is 0.549. The van der Waals surface area contributed by atoms with Crippen molar-refractivity contribution in [1.29, 1.82) is 0 Å². The summed E-state index contributed by atoms with van der Waals surface area (Å²) in [6.45, 7) is 4.05. The molecule has 0 amide bonds. The van der Waals surface area contributed by atoms with Gasteiger partial charge in [0.15, 0.2) is 5.17 Å². The Labute approximate surface area is 121 Å². The fourth-order valence-electron chi connectivity index (χ4n) is 3.46. The Balaban J connectivity index is 1.40. The smallest absolute Gasteiger partial charge is 0.156 e. The van der Waals surface area contributed by atoms with E-state index in [1.165, 1.54) is 55.9 Å². The van der Waals surface area contributed by atoms with Crippen molar-refractivity contribution >= 4 is 16.9 Å². The number of rotatable bonds is 3. The lowest BCUT2D eigenvalue weighted by atomic mass is 9.75. The monoisotopic (exact) mass is 282 g/mol. The second-order valence-corrected chi connectivity index (χ2v) is 7.38. The summed E-state index contributed by atoms with van der Waals surface area (Å²) in [5.74, 6) is 2.05. The number of hydrogen-bond acceptors (Lipinski definition) is 4. The predicted molar refractivity (Wildman–Crippen MR) is 81.8 cm³/mol. The standard InChI is InChI=1S/C15H26N2OS/c1-2-6-15(7-3-1)11-17-14(19-12-15)16-8-4-13-5-9-18-10-13/h13H,1-12H2,(H,16,17). The van der Waals surface area contributed by atoms with Gasteiger partial charge in [-0.3, -0.25) is 4.99 Å². The molecule has 0 radical (unpaired) electrons. The number of ether oxygens (including phenoxy) is 1. The van der Waals surface area contributed by atoms with Gasteiger partial charge in [0.1, 0.15) is 0 Å². The van der Waals surface area contributed by atoms with Gasteiger partial charge in [0, 0.05) is 32.1 Å². The summed E-state index contributed by atoms with van der Waals surface area (Å²) in [5, 5.41) is 4.72. The van der Waals surface area contributed by atoms with E-state index in [2.05, 4.69) is 5.32 Å². The molecular formula is C15H26N2OS. The molecule has 0 aromatic heterocycles. The second-order valence-electron chi connectivity index (χ2n) is 6.42. The second kappa shape index (κ2) is 6.49. The number of aliphatic imine (C=N–C) groups is 1. The molecule has 0 aromatic rings. The van der Waals surface area contributed by atoms with Gasteiger partial charge in [-0.05, 0) is 37.0 Å². The van der Waals surface area contributed by atoms with Crippen molar-refractivity contribution in [2.24, 2.45) is 16.3 Å². The number of nitrogens with one attached hydrogen (secondary N) is 1. The molecule has 3 aliphatic rings. The predicted octanol–water partition coefficient (Wildman–Crippen LogP) is 3.06. The lowest BCUT2D eigenvalue weighted by Crippen LogP contribution is -2.37. The molecule has 1 saturated heterocycles. The minimum Gasteiger partial charge on any atom is -0.381 e. The molecule has 19 heavy (non-hydrogen) atoms. The topological polar surface area (TPSA) is 33.6 Å². The van der Waals surface area contributed by atoms with E-state index in [9.17, 15) is 0 Å². The first-order chi connectivity index (χ1) is 9.36. The van der Waals surface area contributed by atoms with Crippen molar-refractivity contribution in [3.8, 4) is 0 Å². The first-order valence-corrected chi connectivity index (χ1v) is 8.84. The molecule has 2 heterocycles. The average Bonchev–Trinajstić information content (AvgIpc) is 2.96. The molecule has 0 bridgehead atoms. The van der Waals surface area contributed by atoms with Crippen LogP contribution in [0.3, 0.4) is 0 Å². The fraction of sp³-hybridized carbons (Fsp3) is 0.933. The fourth-order valence-corrected chi connectivity index (χ4v) is 4.64. The zero-order valence-electron chi connectivity index (χ0n) is 11.8. The largest absolute Gasteiger partial charge is 0.381 e. The van der Waals surface area contributed by atoms with E-state index in [1.54, 1.807) is 0 Å². The summed E-state index contributed by atoms with van der Waals surface area (Å²) in [4.78, 5) is 4.81. The van der Waals surface area contributed by atoms with Crippen LogP contribution < -0.4 is 5.32 Å². The quantitative estimate of drug-likeness (QED) is 0.864. The Morgan fingerprint density at radius 3 is 2.89 bits per heavy atom. The minimum absolute atomic E-state index is 0.549. The highest BCUT2D eigenvalue weighted by atomic mass is 32.2. The highest BCUT2D eigenvalue weighted by Crippen LogP contribution is 2.41. The first-order valence-electron chi connectivity index (χ1n) is 7.85. The van der Waals surface area contributed by atoms with E-state index in [0.29, 0.717) is 5.41 Å². The third-order valence-electron chi connectivity index (χ3n) is 4.84. The molecule has 1 atom stereocenters. The third-order valence-corrected chi connectivity index (χ3v) is 6.14. The Kier molecular flexibility index (Phi) is 4.69. The maximum Gasteiger partial charge on any atom is 0.156 e. The van der Waals surface area contributed by atoms with Gasteiger partial charge in [0.05, 0.1) is 0 Å². The van der Waals surface area contributed by atoms with E-state index < -0.39 is 0 Å². The summed E-state index contributed by atoms with van der Waals surface area (Å²) in [7, 11) is 0. The summed E-state index contributed by atoms with van der Waals surface area (Å²) in [6.07, 6.45) is 9.53. The Bertz CT molecular complexity index is 320. The van der Waals surface area contributed by atoms with Crippen LogP contribution in [0.4, 0.5) is 0 Å². The molecule has 2 fully saturated rings. The highest BCUT2D eigenvalue weighted by Gasteiger charge is 2.34. The first kappa shape index (κ1) is 13.7. The van der Waals surface area contributed by atoms with E-state index in [4.69, 9.17) is 9.73 Å². The van der Waals surface area contributed by atoms with Gasteiger partial charge in [-0.1, -0.05) is 31.0 Å². The van der Waals surface area contributed by atoms with Crippen molar-refractivity contribution in [2.75, 3.05) is 32.1 Å². The number of hydrogen-bond donors (Lipinski definition) is 1. The van der Waals surface area contributed by atoms with Crippen LogP contribution in [0, 0.1) is 11.3 Å². The van der Waals surface area contributed by atoms with Gasteiger partial charge in [-0.15, -0.1) is 0 Å². The summed E-state index contributed by atoms with van der Waals surface area (Å²) >= 11 is 1.96. The van der Waals surface area contributed by atoms with Crippen LogP contribution in [0.25, 0.3) is 0 Å². The van der Waals surface area contributed by atoms with Crippen LogP contribution in [-0.2, 0) is 4.74 Å². The zero-order valence-corrected chi connectivity index (χ0v) is 12.6. The maximum atomic E-state index is 5.41. The Morgan fingerprint density at radius 1 is 1.32 bits per heavy atom. The number of nitrogens with zero attached hydrogens (tertiary/aromatic N) is 1. The van der Waals surface area contributed by atoms with Crippen LogP contribution in [0.5, 0.6) is 0 Å². The molecule has 1 saturated carbocycles. The molecule has 3 nitrogen and oxygen atoms in total. The van der Waals surface area contributed by atoms with E-state index >= 15 is 0 Å². The summed E-state index contributed by atoms with van der Waals surface area (Å²) in [5.41, 5.74) is 0.549. The maximum absolute atomic E-state index is 5.41.